The molecule has 3 rings (SSSR count). The molecule has 22 heavy (non-hydrogen) atoms. The Kier molecular flexibility index (Phi) is 4.24. The zero-order valence-electron chi connectivity index (χ0n) is 13.5. The highest BCUT2D eigenvalue weighted by Crippen LogP contribution is 2.47. The van der Waals surface area contributed by atoms with Crippen molar-refractivity contribution in [2.24, 2.45) is 11.1 Å². The molecule has 0 radical (unpaired) electrons. The fourth-order valence-corrected chi connectivity index (χ4v) is 3.46. The van der Waals surface area contributed by atoms with Gasteiger partial charge in [-0.2, -0.15) is 0 Å². The highest BCUT2D eigenvalue weighted by Gasteiger charge is 2.44. The second-order valence-corrected chi connectivity index (χ2v) is 7.40. The molecule has 2 aliphatic rings. The minimum atomic E-state index is 0.142. The molecule has 0 bridgehead atoms. The summed E-state index contributed by atoms with van der Waals surface area (Å²) >= 11 is 0. The maximum Gasteiger partial charge on any atom is 0.234 e. The fourth-order valence-electron chi connectivity index (χ4n) is 3.46. The summed E-state index contributed by atoms with van der Waals surface area (Å²) in [4.78, 5) is 14.4. The standard InChI is InChI=1S/C18H27N3O/c1-17(12-19)9-10-21(14-17)11-16(22)20-13-18(7-8-18)15-5-3-2-4-6-15/h2-6H,7-14,19H2,1H3,(H,20,22). The van der Waals surface area contributed by atoms with Crippen molar-refractivity contribution in [3.05, 3.63) is 35.9 Å². The van der Waals surface area contributed by atoms with E-state index in [1.807, 2.05) is 6.07 Å². The summed E-state index contributed by atoms with van der Waals surface area (Å²) in [5.41, 5.74) is 7.55. The Bertz CT molecular complexity index is 526. The van der Waals surface area contributed by atoms with Crippen LogP contribution in [0.25, 0.3) is 0 Å². The summed E-state index contributed by atoms with van der Waals surface area (Å²) in [6, 6.07) is 10.5. The first-order chi connectivity index (χ1) is 10.6. The average Bonchev–Trinajstić information content (AvgIpc) is 3.25. The Morgan fingerprint density at radius 2 is 2.00 bits per heavy atom. The lowest BCUT2D eigenvalue weighted by Crippen LogP contribution is -2.40. The van der Waals surface area contributed by atoms with Crippen LogP contribution in [0.2, 0.25) is 0 Å². The predicted octanol–water partition coefficient (Wildman–Crippen LogP) is 1.51. The first-order valence-corrected chi connectivity index (χ1v) is 8.30. The van der Waals surface area contributed by atoms with Crippen LogP contribution in [0.5, 0.6) is 0 Å². The number of hydrogen-bond acceptors (Lipinski definition) is 3. The highest BCUT2D eigenvalue weighted by atomic mass is 16.2. The molecular weight excluding hydrogens is 274 g/mol. The van der Waals surface area contributed by atoms with E-state index in [4.69, 9.17) is 5.73 Å². The Balaban J connectivity index is 1.48. The third-order valence-corrected chi connectivity index (χ3v) is 5.36. The van der Waals surface area contributed by atoms with Crippen molar-refractivity contribution in [2.75, 3.05) is 32.7 Å². The van der Waals surface area contributed by atoms with Crippen molar-refractivity contribution in [2.45, 2.75) is 31.6 Å². The van der Waals surface area contributed by atoms with Gasteiger partial charge in [-0.1, -0.05) is 37.3 Å². The first kappa shape index (κ1) is 15.5. The van der Waals surface area contributed by atoms with Gasteiger partial charge in [-0.25, -0.2) is 0 Å². The molecule has 1 aliphatic heterocycles. The third-order valence-electron chi connectivity index (χ3n) is 5.36. The Morgan fingerprint density at radius 3 is 2.59 bits per heavy atom. The zero-order valence-corrected chi connectivity index (χ0v) is 13.5. The summed E-state index contributed by atoms with van der Waals surface area (Å²) in [7, 11) is 0. The monoisotopic (exact) mass is 301 g/mol. The molecule has 1 aliphatic carbocycles. The maximum absolute atomic E-state index is 12.2. The molecule has 2 fully saturated rings. The van der Waals surface area contributed by atoms with Crippen LogP contribution in [-0.2, 0) is 10.2 Å². The van der Waals surface area contributed by atoms with Crippen molar-refractivity contribution >= 4 is 5.91 Å². The van der Waals surface area contributed by atoms with E-state index in [-0.39, 0.29) is 16.7 Å². The molecule has 4 heteroatoms. The number of likely N-dealkylation sites (tertiary alicyclic amines) is 1. The summed E-state index contributed by atoms with van der Waals surface area (Å²) in [6.45, 7) is 6.08. The van der Waals surface area contributed by atoms with Crippen LogP contribution in [0.15, 0.2) is 30.3 Å². The topological polar surface area (TPSA) is 58.4 Å². The molecule has 1 saturated heterocycles. The van der Waals surface area contributed by atoms with Gasteiger partial charge in [0.25, 0.3) is 0 Å². The molecule has 1 heterocycles. The summed E-state index contributed by atoms with van der Waals surface area (Å²) < 4.78 is 0. The molecule has 0 aromatic heterocycles. The molecule has 120 valence electrons. The van der Waals surface area contributed by atoms with E-state index in [9.17, 15) is 4.79 Å². The second kappa shape index (κ2) is 6.01. The van der Waals surface area contributed by atoms with Crippen LogP contribution in [0.3, 0.4) is 0 Å². The Labute approximate surface area is 133 Å². The van der Waals surface area contributed by atoms with E-state index < -0.39 is 0 Å². The second-order valence-electron chi connectivity index (χ2n) is 7.40. The fraction of sp³-hybridized carbons (Fsp3) is 0.611. The smallest absolute Gasteiger partial charge is 0.234 e. The molecule has 1 aromatic carbocycles. The summed E-state index contributed by atoms with van der Waals surface area (Å²) in [5, 5.41) is 3.14. The van der Waals surface area contributed by atoms with Gasteiger partial charge in [0.15, 0.2) is 0 Å². The van der Waals surface area contributed by atoms with Gasteiger partial charge >= 0.3 is 0 Å². The van der Waals surface area contributed by atoms with Gasteiger partial charge in [-0.3, -0.25) is 9.69 Å². The molecule has 0 spiro atoms. The molecule has 4 nitrogen and oxygen atoms in total. The van der Waals surface area contributed by atoms with Gasteiger partial charge in [-0.15, -0.1) is 0 Å². The number of nitrogens with one attached hydrogen (secondary N) is 1. The van der Waals surface area contributed by atoms with E-state index in [0.29, 0.717) is 13.1 Å². The van der Waals surface area contributed by atoms with Crippen molar-refractivity contribution in [3.8, 4) is 0 Å². The molecule has 1 aromatic rings. The SMILES string of the molecule is CC1(CN)CCN(CC(=O)NCC2(c3ccccc3)CC2)C1. The minimum Gasteiger partial charge on any atom is -0.354 e. The van der Waals surface area contributed by atoms with Gasteiger partial charge in [0.2, 0.25) is 5.91 Å². The lowest BCUT2D eigenvalue weighted by atomic mass is 9.90. The molecule has 1 atom stereocenters. The Hall–Kier alpha value is -1.39. The zero-order chi connectivity index (χ0) is 15.6. The number of carbonyl (C=O) groups is 1. The van der Waals surface area contributed by atoms with Crippen LogP contribution in [0, 0.1) is 5.41 Å². The van der Waals surface area contributed by atoms with Gasteiger partial charge in [0.1, 0.15) is 0 Å². The van der Waals surface area contributed by atoms with Crippen molar-refractivity contribution in [3.63, 3.8) is 0 Å². The number of nitrogens with zero attached hydrogens (tertiary/aromatic N) is 1. The predicted molar refractivity (Wildman–Crippen MR) is 88.6 cm³/mol. The van der Waals surface area contributed by atoms with Crippen LogP contribution in [0.4, 0.5) is 0 Å². The number of benzene rings is 1. The first-order valence-electron chi connectivity index (χ1n) is 8.30. The van der Waals surface area contributed by atoms with E-state index in [2.05, 4.69) is 41.4 Å². The maximum atomic E-state index is 12.2. The molecule has 1 unspecified atom stereocenters. The quantitative estimate of drug-likeness (QED) is 0.837. The number of hydrogen-bond donors (Lipinski definition) is 2. The van der Waals surface area contributed by atoms with Crippen LogP contribution in [-0.4, -0.2) is 43.5 Å². The van der Waals surface area contributed by atoms with E-state index in [0.717, 1.165) is 26.1 Å². The van der Waals surface area contributed by atoms with Crippen molar-refractivity contribution < 1.29 is 4.79 Å². The van der Waals surface area contributed by atoms with Gasteiger partial charge in [0.05, 0.1) is 6.54 Å². The van der Waals surface area contributed by atoms with Crippen LogP contribution in [0.1, 0.15) is 31.7 Å². The van der Waals surface area contributed by atoms with Crippen LogP contribution >= 0.6 is 0 Å². The van der Waals surface area contributed by atoms with Gasteiger partial charge < -0.3 is 11.1 Å². The summed E-state index contributed by atoms with van der Waals surface area (Å²) in [5.74, 6) is 0.142. The van der Waals surface area contributed by atoms with Crippen molar-refractivity contribution in [1.29, 1.82) is 0 Å². The molecule has 1 amide bonds. The lowest BCUT2D eigenvalue weighted by Gasteiger charge is -2.23. The number of nitrogens with two attached hydrogens (primary N) is 1. The summed E-state index contributed by atoms with van der Waals surface area (Å²) in [6.07, 6.45) is 3.43. The molecule has 1 saturated carbocycles. The number of amides is 1. The minimum absolute atomic E-state index is 0.142. The highest BCUT2D eigenvalue weighted by molar-refractivity contribution is 5.78. The number of carbonyl (C=O) groups excluding carboxylic acids is 1. The van der Waals surface area contributed by atoms with Gasteiger partial charge in [0, 0.05) is 18.5 Å². The number of rotatable bonds is 6. The Morgan fingerprint density at radius 1 is 1.27 bits per heavy atom. The lowest BCUT2D eigenvalue weighted by molar-refractivity contribution is -0.122. The van der Waals surface area contributed by atoms with Gasteiger partial charge in [-0.05, 0) is 43.3 Å². The third kappa shape index (κ3) is 3.33. The van der Waals surface area contributed by atoms with Crippen molar-refractivity contribution in [1.82, 2.24) is 10.2 Å². The van der Waals surface area contributed by atoms with E-state index in [1.54, 1.807) is 0 Å². The van der Waals surface area contributed by atoms with E-state index in [1.165, 1.54) is 18.4 Å². The van der Waals surface area contributed by atoms with Crippen LogP contribution < -0.4 is 11.1 Å². The molecule has 3 N–H and O–H groups in total. The average molecular weight is 301 g/mol. The largest absolute Gasteiger partial charge is 0.354 e. The normalized spacial score (nSPS) is 26.8. The van der Waals surface area contributed by atoms with E-state index >= 15 is 0 Å². The molecular formula is C18H27N3O.